The molecule has 2 aromatic carbocycles. The van der Waals surface area contributed by atoms with Gasteiger partial charge < -0.3 is 19.5 Å². The zero-order valence-electron chi connectivity index (χ0n) is 20.5. The summed E-state index contributed by atoms with van der Waals surface area (Å²) in [6.45, 7) is 6.79. The molecular weight excluding hydrogens is 463 g/mol. The van der Waals surface area contributed by atoms with E-state index in [1.807, 2.05) is 32.0 Å². The van der Waals surface area contributed by atoms with E-state index in [1.54, 1.807) is 36.0 Å². The molecule has 8 nitrogen and oxygen atoms in total. The molecule has 1 atom stereocenters. The second-order valence-electron chi connectivity index (χ2n) is 8.92. The number of hydrogen-bond donors (Lipinski definition) is 1. The Morgan fingerprint density at radius 2 is 1.86 bits per heavy atom. The van der Waals surface area contributed by atoms with E-state index in [0.717, 1.165) is 5.56 Å². The van der Waals surface area contributed by atoms with Crippen LogP contribution in [-0.4, -0.2) is 41.0 Å². The number of halogens is 1. The van der Waals surface area contributed by atoms with Gasteiger partial charge in [0.2, 0.25) is 0 Å². The Balaban J connectivity index is 1.54. The lowest BCUT2D eigenvalue weighted by molar-refractivity contribution is 0.0941. The Bertz CT molecular complexity index is 1450. The minimum atomic E-state index is -0.485. The number of ether oxygens (including phenoxy) is 3. The lowest BCUT2D eigenvalue weighted by Gasteiger charge is -2.19. The fraction of sp³-hybridized carbons (Fsp3) is 0.296. The van der Waals surface area contributed by atoms with Crippen molar-refractivity contribution in [3.63, 3.8) is 0 Å². The number of carbonyl (C=O) groups is 1. The smallest absolute Gasteiger partial charge is 0.252 e. The summed E-state index contributed by atoms with van der Waals surface area (Å²) in [5.74, 6) is 0.670. The van der Waals surface area contributed by atoms with E-state index in [1.165, 1.54) is 13.2 Å². The van der Waals surface area contributed by atoms with Crippen molar-refractivity contribution in [1.29, 1.82) is 0 Å². The van der Waals surface area contributed by atoms with Crippen LogP contribution < -0.4 is 19.5 Å². The monoisotopic (exact) mass is 490 g/mol. The largest absolute Gasteiger partial charge is 0.494 e. The molecule has 0 unspecified atom stereocenters. The quantitative estimate of drug-likeness (QED) is 0.405. The van der Waals surface area contributed by atoms with Crippen LogP contribution in [0.25, 0.3) is 22.3 Å². The highest BCUT2D eigenvalue weighted by Crippen LogP contribution is 2.35. The lowest BCUT2D eigenvalue weighted by Crippen LogP contribution is -2.27. The molecule has 5 rings (SSSR count). The third kappa shape index (κ3) is 4.32. The number of nitrogens with zero attached hydrogens (tertiary/aromatic N) is 3. The van der Waals surface area contributed by atoms with Crippen molar-refractivity contribution in [1.82, 2.24) is 20.1 Å². The molecule has 2 aromatic heterocycles. The van der Waals surface area contributed by atoms with E-state index in [2.05, 4.69) is 10.4 Å². The summed E-state index contributed by atoms with van der Waals surface area (Å²) in [6.07, 6.45) is 1.66. The number of amides is 1. The first-order valence-corrected chi connectivity index (χ1v) is 11.8. The maximum absolute atomic E-state index is 14.2. The van der Waals surface area contributed by atoms with Gasteiger partial charge in [0.05, 0.1) is 36.0 Å². The van der Waals surface area contributed by atoms with Gasteiger partial charge in [-0.2, -0.15) is 5.10 Å². The molecule has 1 amide bonds. The van der Waals surface area contributed by atoms with Gasteiger partial charge in [-0.25, -0.2) is 14.1 Å². The van der Waals surface area contributed by atoms with Crippen LogP contribution in [-0.2, 0) is 0 Å². The number of pyridine rings is 1. The molecule has 0 fully saturated rings. The number of methoxy groups -OCH3 is 1. The van der Waals surface area contributed by atoms with Gasteiger partial charge in [0.25, 0.3) is 5.91 Å². The topological polar surface area (TPSA) is 87.5 Å². The Morgan fingerprint density at radius 1 is 1.08 bits per heavy atom. The van der Waals surface area contributed by atoms with Crippen molar-refractivity contribution >= 4 is 16.9 Å². The average molecular weight is 491 g/mol. The van der Waals surface area contributed by atoms with Crippen LogP contribution in [0.2, 0.25) is 0 Å². The summed E-state index contributed by atoms with van der Waals surface area (Å²) in [5.41, 5.74) is 3.05. The number of benzene rings is 2. The molecule has 1 N–H and O–H groups in total. The fourth-order valence-corrected chi connectivity index (χ4v) is 4.24. The maximum atomic E-state index is 14.2. The highest BCUT2D eigenvalue weighted by atomic mass is 19.1. The molecule has 0 aliphatic carbocycles. The average Bonchev–Trinajstić information content (AvgIpc) is 3.32. The van der Waals surface area contributed by atoms with Crippen LogP contribution in [0.4, 0.5) is 4.39 Å². The molecular formula is C27H27FN4O4. The molecule has 36 heavy (non-hydrogen) atoms. The van der Waals surface area contributed by atoms with Gasteiger partial charge in [0.15, 0.2) is 28.7 Å². The Kier molecular flexibility index (Phi) is 6.22. The summed E-state index contributed by atoms with van der Waals surface area (Å²) in [6, 6.07) is 11.6. The van der Waals surface area contributed by atoms with Gasteiger partial charge in [-0.15, -0.1) is 0 Å². The van der Waals surface area contributed by atoms with Crippen molar-refractivity contribution in [2.45, 2.75) is 32.9 Å². The highest BCUT2D eigenvalue weighted by Gasteiger charge is 2.22. The molecule has 0 spiro atoms. The van der Waals surface area contributed by atoms with Crippen molar-refractivity contribution in [2.75, 3.05) is 20.3 Å². The SMILES string of the molecule is COc1ccc([C@H](C)NC(=O)c2cc(-c3ccc4c(c3)OCCO4)nc3c2cnn3C(C)C)cc1F. The highest BCUT2D eigenvalue weighted by molar-refractivity contribution is 6.06. The predicted octanol–water partition coefficient (Wildman–Crippen LogP) is 5.09. The summed E-state index contributed by atoms with van der Waals surface area (Å²) >= 11 is 0. The first kappa shape index (κ1) is 23.6. The van der Waals surface area contributed by atoms with E-state index in [9.17, 15) is 9.18 Å². The van der Waals surface area contributed by atoms with E-state index in [-0.39, 0.29) is 17.7 Å². The Hall–Kier alpha value is -4.14. The summed E-state index contributed by atoms with van der Waals surface area (Å²) in [7, 11) is 1.41. The molecule has 1 aliphatic rings. The summed E-state index contributed by atoms with van der Waals surface area (Å²) in [4.78, 5) is 18.4. The number of nitrogens with one attached hydrogen (secondary N) is 1. The molecule has 0 saturated heterocycles. The number of fused-ring (bicyclic) bond motifs is 2. The number of hydrogen-bond acceptors (Lipinski definition) is 6. The van der Waals surface area contributed by atoms with Crippen LogP contribution in [0, 0.1) is 5.82 Å². The molecule has 186 valence electrons. The van der Waals surface area contributed by atoms with Gasteiger partial charge in [0.1, 0.15) is 13.2 Å². The van der Waals surface area contributed by atoms with E-state index in [0.29, 0.717) is 52.6 Å². The number of aromatic nitrogens is 3. The summed E-state index contributed by atoms with van der Waals surface area (Å²) < 4.78 is 32.4. The van der Waals surface area contributed by atoms with Crippen LogP contribution in [0.3, 0.4) is 0 Å². The number of carbonyl (C=O) groups excluding carboxylic acids is 1. The zero-order valence-corrected chi connectivity index (χ0v) is 20.5. The first-order chi connectivity index (χ1) is 17.4. The van der Waals surface area contributed by atoms with E-state index < -0.39 is 11.9 Å². The standard InChI is InChI=1S/C27H27FN4O4/c1-15(2)32-26-20(14-29-32)19(27(33)30-16(3)17-5-7-23(34-4)21(28)11-17)13-22(31-26)18-6-8-24-25(12-18)36-10-9-35-24/h5-8,11-16H,9-10H2,1-4H3,(H,30,33)/t16-/m0/s1. The third-order valence-electron chi connectivity index (χ3n) is 6.16. The lowest BCUT2D eigenvalue weighted by atomic mass is 10.0. The van der Waals surface area contributed by atoms with Gasteiger partial charge in [-0.05, 0) is 62.7 Å². The van der Waals surface area contributed by atoms with Gasteiger partial charge in [0, 0.05) is 11.6 Å². The van der Waals surface area contributed by atoms with Crippen LogP contribution in [0.1, 0.15) is 48.8 Å². The normalized spacial score (nSPS) is 13.6. The maximum Gasteiger partial charge on any atom is 0.252 e. The molecule has 1 aliphatic heterocycles. The Morgan fingerprint density at radius 3 is 2.58 bits per heavy atom. The minimum absolute atomic E-state index is 0.0441. The van der Waals surface area contributed by atoms with E-state index in [4.69, 9.17) is 19.2 Å². The third-order valence-corrected chi connectivity index (χ3v) is 6.16. The van der Waals surface area contributed by atoms with Crippen LogP contribution >= 0.6 is 0 Å². The zero-order chi connectivity index (χ0) is 25.4. The molecule has 0 radical (unpaired) electrons. The van der Waals surface area contributed by atoms with E-state index >= 15 is 0 Å². The van der Waals surface area contributed by atoms with Gasteiger partial charge in [-0.1, -0.05) is 6.07 Å². The molecule has 9 heteroatoms. The van der Waals surface area contributed by atoms with Crippen molar-refractivity contribution < 1.29 is 23.4 Å². The second kappa shape index (κ2) is 9.49. The molecule has 3 heterocycles. The van der Waals surface area contributed by atoms with Crippen molar-refractivity contribution in [3.8, 4) is 28.5 Å². The molecule has 0 saturated carbocycles. The number of rotatable bonds is 6. The van der Waals surface area contributed by atoms with Gasteiger partial charge in [-0.3, -0.25) is 4.79 Å². The predicted molar refractivity (Wildman–Crippen MR) is 133 cm³/mol. The van der Waals surface area contributed by atoms with Crippen LogP contribution in [0.5, 0.6) is 17.2 Å². The van der Waals surface area contributed by atoms with Crippen molar-refractivity contribution in [2.24, 2.45) is 0 Å². The Labute approximate surface area is 208 Å². The van der Waals surface area contributed by atoms with Crippen LogP contribution in [0.15, 0.2) is 48.7 Å². The first-order valence-electron chi connectivity index (χ1n) is 11.8. The summed E-state index contributed by atoms with van der Waals surface area (Å²) in [5, 5.41) is 8.09. The molecule has 0 bridgehead atoms. The van der Waals surface area contributed by atoms with Gasteiger partial charge >= 0.3 is 0 Å². The molecule has 4 aromatic rings. The van der Waals surface area contributed by atoms with Crippen molar-refractivity contribution in [3.05, 3.63) is 65.6 Å². The minimum Gasteiger partial charge on any atom is -0.494 e. The second-order valence-corrected chi connectivity index (χ2v) is 8.92. The fourth-order valence-electron chi connectivity index (χ4n) is 4.24.